The van der Waals surface area contributed by atoms with E-state index in [1.165, 1.54) is 4.31 Å². The molecule has 2 aromatic carbocycles. The zero-order chi connectivity index (χ0) is 25.3. The molecule has 1 N–H and O–H groups in total. The molecule has 2 amide bonds. The Bertz CT molecular complexity index is 1240. The number of fused-ring (bicyclic) bond motifs is 1. The highest BCUT2D eigenvalue weighted by Crippen LogP contribution is 2.33. The van der Waals surface area contributed by atoms with E-state index < -0.39 is 16.1 Å². The Morgan fingerprint density at radius 3 is 2.33 bits per heavy atom. The minimum atomic E-state index is -3.59. The van der Waals surface area contributed by atoms with Crippen LogP contribution in [0.4, 0.5) is 5.69 Å². The van der Waals surface area contributed by atoms with Crippen molar-refractivity contribution in [3.05, 3.63) is 48.0 Å². The molecule has 0 bridgehead atoms. The van der Waals surface area contributed by atoms with Crippen molar-refractivity contribution in [3.63, 3.8) is 0 Å². The van der Waals surface area contributed by atoms with Gasteiger partial charge in [0.25, 0.3) is 0 Å². The number of likely N-dealkylation sites (tertiary alicyclic amines) is 1. The summed E-state index contributed by atoms with van der Waals surface area (Å²) in [6.07, 6.45) is 2.24. The van der Waals surface area contributed by atoms with Crippen LogP contribution in [0.3, 0.4) is 0 Å². The first-order valence-electron chi connectivity index (χ1n) is 12.4. The first kappa shape index (κ1) is 24.6. The van der Waals surface area contributed by atoms with Crippen LogP contribution in [0.5, 0.6) is 11.5 Å². The summed E-state index contributed by atoms with van der Waals surface area (Å²) in [7, 11) is -3.59. The van der Waals surface area contributed by atoms with Gasteiger partial charge in [-0.05, 0) is 56.9 Å². The minimum absolute atomic E-state index is 0.0674. The molecule has 0 aliphatic carbocycles. The largest absolute Gasteiger partial charge is 0.486 e. The van der Waals surface area contributed by atoms with Gasteiger partial charge in [-0.2, -0.15) is 4.31 Å². The van der Waals surface area contributed by atoms with Gasteiger partial charge in [-0.25, -0.2) is 8.42 Å². The van der Waals surface area contributed by atoms with E-state index >= 15 is 0 Å². The van der Waals surface area contributed by atoms with Gasteiger partial charge < -0.3 is 19.7 Å². The predicted molar refractivity (Wildman–Crippen MR) is 133 cm³/mol. The smallest absolute Gasteiger partial charge is 0.247 e. The molecule has 1 atom stereocenters. The molecule has 0 radical (unpaired) electrons. The van der Waals surface area contributed by atoms with Crippen molar-refractivity contribution >= 4 is 27.5 Å². The van der Waals surface area contributed by atoms with Gasteiger partial charge in [0.05, 0.1) is 4.90 Å². The monoisotopic (exact) mass is 513 g/mol. The van der Waals surface area contributed by atoms with E-state index in [0.29, 0.717) is 56.2 Å². The van der Waals surface area contributed by atoms with Gasteiger partial charge in [0.2, 0.25) is 21.8 Å². The Labute approximate surface area is 211 Å². The number of aryl methyl sites for hydroxylation is 1. The van der Waals surface area contributed by atoms with Crippen molar-refractivity contribution in [2.75, 3.05) is 38.2 Å². The van der Waals surface area contributed by atoms with Crippen LogP contribution in [-0.2, 0) is 19.6 Å². The van der Waals surface area contributed by atoms with Gasteiger partial charge in [0.1, 0.15) is 19.3 Å². The summed E-state index contributed by atoms with van der Waals surface area (Å²) in [6, 6.07) is 11.5. The van der Waals surface area contributed by atoms with E-state index in [1.54, 1.807) is 47.4 Å². The molecular formula is C26H31N3O6S. The summed E-state index contributed by atoms with van der Waals surface area (Å²) in [5.41, 5.74) is 1.59. The summed E-state index contributed by atoms with van der Waals surface area (Å²) in [5.74, 6) is 0.648. The molecule has 192 valence electrons. The van der Waals surface area contributed by atoms with Gasteiger partial charge in [0, 0.05) is 37.3 Å². The van der Waals surface area contributed by atoms with E-state index in [9.17, 15) is 18.0 Å². The van der Waals surface area contributed by atoms with E-state index in [4.69, 9.17) is 9.47 Å². The number of hydrogen-bond acceptors (Lipinski definition) is 6. The number of carbonyl (C=O) groups excluding carboxylic acids is 2. The molecule has 0 aromatic heterocycles. The van der Waals surface area contributed by atoms with Crippen LogP contribution in [0, 0.1) is 12.8 Å². The normalized spacial score (nSPS) is 20.8. The zero-order valence-electron chi connectivity index (χ0n) is 20.3. The van der Waals surface area contributed by atoms with E-state index in [1.807, 2.05) is 6.92 Å². The molecular weight excluding hydrogens is 482 g/mol. The highest BCUT2D eigenvalue weighted by molar-refractivity contribution is 7.89. The second kappa shape index (κ2) is 10.1. The third-order valence-corrected chi connectivity index (χ3v) is 9.02. The topological polar surface area (TPSA) is 105 Å². The number of hydrogen-bond donors (Lipinski definition) is 1. The van der Waals surface area contributed by atoms with Gasteiger partial charge in [-0.1, -0.05) is 17.7 Å². The van der Waals surface area contributed by atoms with Crippen LogP contribution in [-0.4, -0.2) is 68.3 Å². The number of ether oxygens (including phenoxy) is 2. The van der Waals surface area contributed by atoms with Crippen molar-refractivity contribution in [2.45, 2.75) is 43.5 Å². The van der Waals surface area contributed by atoms with Gasteiger partial charge in [-0.15, -0.1) is 0 Å². The van der Waals surface area contributed by atoms with Crippen molar-refractivity contribution in [1.82, 2.24) is 9.21 Å². The number of sulfonamides is 1. The number of piperidine rings is 1. The molecule has 36 heavy (non-hydrogen) atoms. The summed E-state index contributed by atoms with van der Waals surface area (Å²) < 4.78 is 38.6. The average molecular weight is 514 g/mol. The number of nitrogens with zero attached hydrogens (tertiary/aromatic N) is 2. The van der Waals surface area contributed by atoms with Crippen molar-refractivity contribution in [2.24, 2.45) is 5.92 Å². The van der Waals surface area contributed by atoms with E-state index in [0.717, 1.165) is 12.0 Å². The first-order chi connectivity index (χ1) is 17.3. The van der Waals surface area contributed by atoms with Gasteiger partial charge >= 0.3 is 0 Å². The molecule has 3 aliphatic rings. The lowest BCUT2D eigenvalue weighted by Crippen LogP contribution is -2.48. The number of rotatable bonds is 5. The Kier molecular flexibility index (Phi) is 6.90. The lowest BCUT2D eigenvalue weighted by molar-refractivity contribution is -0.141. The molecule has 1 unspecified atom stereocenters. The third kappa shape index (κ3) is 4.92. The fraction of sp³-hybridized carbons (Fsp3) is 0.462. The molecule has 2 aromatic rings. The van der Waals surface area contributed by atoms with Crippen LogP contribution in [0.15, 0.2) is 47.4 Å². The molecule has 3 aliphatic heterocycles. The second-order valence-electron chi connectivity index (χ2n) is 9.53. The van der Waals surface area contributed by atoms with Crippen LogP contribution in [0.25, 0.3) is 0 Å². The number of carbonyl (C=O) groups is 2. The van der Waals surface area contributed by atoms with Crippen LogP contribution in [0.1, 0.15) is 31.2 Å². The molecule has 10 heteroatoms. The Morgan fingerprint density at radius 2 is 1.61 bits per heavy atom. The Hall–Kier alpha value is -3.11. The predicted octanol–water partition coefficient (Wildman–Crippen LogP) is 2.80. The molecule has 0 saturated carbocycles. The second-order valence-corrected chi connectivity index (χ2v) is 11.5. The fourth-order valence-corrected chi connectivity index (χ4v) is 6.56. The lowest BCUT2D eigenvalue weighted by atomic mass is 9.96. The maximum absolute atomic E-state index is 13.4. The Balaban J connectivity index is 1.20. The van der Waals surface area contributed by atoms with Gasteiger partial charge in [-0.3, -0.25) is 9.59 Å². The summed E-state index contributed by atoms with van der Waals surface area (Å²) >= 11 is 0. The zero-order valence-corrected chi connectivity index (χ0v) is 21.1. The van der Waals surface area contributed by atoms with Crippen molar-refractivity contribution in [1.29, 1.82) is 0 Å². The Morgan fingerprint density at radius 1 is 0.917 bits per heavy atom. The molecule has 2 saturated heterocycles. The minimum Gasteiger partial charge on any atom is -0.486 e. The van der Waals surface area contributed by atoms with Crippen LogP contribution < -0.4 is 14.8 Å². The summed E-state index contributed by atoms with van der Waals surface area (Å²) in [5, 5.41) is 2.91. The average Bonchev–Trinajstić information content (AvgIpc) is 3.39. The fourth-order valence-electron chi connectivity index (χ4n) is 5.09. The quantitative estimate of drug-likeness (QED) is 0.659. The van der Waals surface area contributed by atoms with Crippen LogP contribution >= 0.6 is 0 Å². The molecule has 2 fully saturated rings. The van der Waals surface area contributed by atoms with Crippen molar-refractivity contribution in [3.8, 4) is 11.5 Å². The number of anilines is 1. The molecule has 3 heterocycles. The highest BCUT2D eigenvalue weighted by Gasteiger charge is 2.39. The maximum Gasteiger partial charge on any atom is 0.247 e. The molecule has 5 rings (SSSR count). The standard InChI is InChI=1S/C26H31N3O6S/c1-18-4-7-21(8-5-18)36(32,33)28-13-10-19(11-14-28)26(31)29-12-2-3-22(29)25(30)27-20-6-9-23-24(17-20)35-16-15-34-23/h4-9,17,19,22H,2-3,10-16H2,1H3,(H,27,30). The number of nitrogens with one attached hydrogen (secondary N) is 1. The van der Waals surface area contributed by atoms with E-state index in [-0.39, 0.29) is 35.7 Å². The molecule has 9 nitrogen and oxygen atoms in total. The highest BCUT2D eigenvalue weighted by atomic mass is 32.2. The van der Waals surface area contributed by atoms with Crippen molar-refractivity contribution < 1.29 is 27.5 Å². The van der Waals surface area contributed by atoms with E-state index in [2.05, 4.69) is 5.32 Å². The number of amides is 2. The van der Waals surface area contributed by atoms with Crippen LogP contribution in [0.2, 0.25) is 0 Å². The van der Waals surface area contributed by atoms with Gasteiger partial charge in [0.15, 0.2) is 11.5 Å². The maximum atomic E-state index is 13.4. The SMILES string of the molecule is Cc1ccc(S(=O)(=O)N2CCC(C(=O)N3CCCC3C(=O)Nc3ccc4c(c3)OCCO4)CC2)cc1. The summed E-state index contributed by atoms with van der Waals surface area (Å²) in [4.78, 5) is 28.4. The first-order valence-corrected chi connectivity index (χ1v) is 13.8. The molecule has 0 spiro atoms. The lowest BCUT2D eigenvalue weighted by Gasteiger charge is -2.34. The third-order valence-electron chi connectivity index (χ3n) is 7.11. The summed E-state index contributed by atoms with van der Waals surface area (Å²) in [6.45, 7) is 3.97. The number of benzene rings is 2.